The fraction of sp³-hybridized carbons (Fsp3) is 0.171. The van der Waals surface area contributed by atoms with Gasteiger partial charge in [-0.2, -0.15) is 9.97 Å². The van der Waals surface area contributed by atoms with Gasteiger partial charge < -0.3 is 4.57 Å². The number of nitrogens with zero attached hydrogens (tertiary/aromatic N) is 5. The third kappa shape index (κ3) is 4.83. The zero-order chi connectivity index (χ0) is 37.9. The summed E-state index contributed by atoms with van der Waals surface area (Å²) in [5.41, 5.74) is 0.260. The Morgan fingerprint density at radius 3 is 1.54 bits per heavy atom. The molecule has 226 valence electrons. The summed E-state index contributed by atoms with van der Waals surface area (Å²) >= 11 is 0. The highest BCUT2D eigenvalue weighted by Gasteiger charge is 2.60. The van der Waals surface area contributed by atoms with Crippen LogP contribution in [0.3, 0.4) is 0 Å². The molecule has 52 heavy (non-hydrogen) atoms. The van der Waals surface area contributed by atoms with Crippen molar-refractivity contribution in [1.82, 2.24) is 19.5 Å². The Labute approximate surface area is 315 Å². The second-order valence-corrected chi connectivity index (χ2v) is 13.9. The second-order valence-electron chi connectivity index (χ2n) is 13.9. The first-order valence-corrected chi connectivity index (χ1v) is 16.0. The van der Waals surface area contributed by atoms with Gasteiger partial charge in [0.15, 0.2) is 11.6 Å². The highest BCUT2D eigenvalue weighted by atomic mass is 16.2. The van der Waals surface area contributed by atoms with Crippen molar-refractivity contribution in [3.8, 4) is 28.5 Å². The van der Waals surface area contributed by atoms with Crippen molar-refractivity contribution in [2.24, 2.45) is 10.8 Å². The van der Waals surface area contributed by atoms with Gasteiger partial charge in [0, 0.05) is 27.6 Å². The van der Waals surface area contributed by atoms with Crippen LogP contribution in [-0.2, 0) is 9.59 Å². The third-order valence-corrected chi connectivity index (χ3v) is 10.6. The van der Waals surface area contributed by atoms with Gasteiger partial charge in [0.2, 0.25) is 17.8 Å². The number of hydrogen-bond donors (Lipinski definition) is 0. The maximum Gasteiger partial charge on any atom is 0.243 e. The van der Waals surface area contributed by atoms with Crippen molar-refractivity contribution in [3.05, 3.63) is 42.5 Å². The van der Waals surface area contributed by atoms with E-state index in [1.54, 1.807) is 39.8 Å². The third-order valence-electron chi connectivity index (χ3n) is 10.6. The molecule has 17 heteroatoms. The monoisotopic (exact) mass is 651 g/mol. The Morgan fingerprint density at radius 2 is 0.981 bits per heavy atom. The number of rotatable bonds is 4. The first-order chi connectivity index (χ1) is 24.3. The average molecular weight is 650 g/mol. The minimum atomic E-state index is -1.10. The van der Waals surface area contributed by atoms with E-state index >= 15 is 0 Å². The molecule has 20 radical (unpaired) electrons. The van der Waals surface area contributed by atoms with E-state index in [1.807, 2.05) is 34.9 Å². The van der Waals surface area contributed by atoms with Gasteiger partial charge in [-0.15, -0.1) is 32.8 Å². The highest BCUT2D eigenvalue weighted by molar-refractivity contribution is 6.69. The van der Waals surface area contributed by atoms with Crippen LogP contribution in [0.1, 0.15) is 27.7 Å². The lowest BCUT2D eigenvalue weighted by atomic mass is 9.60. The molecule has 0 unspecified atom stereocenters. The molecular formula is C35H19B10N5O2. The van der Waals surface area contributed by atoms with E-state index in [2.05, 4.69) is 9.97 Å². The zero-order valence-electron chi connectivity index (χ0n) is 28.9. The molecule has 1 fully saturated rings. The summed E-state index contributed by atoms with van der Waals surface area (Å²) in [5, 5.41) is 1.67. The molecule has 0 bridgehead atoms. The van der Waals surface area contributed by atoms with Crippen LogP contribution in [0.15, 0.2) is 42.5 Å². The fourth-order valence-corrected chi connectivity index (χ4v) is 6.59. The summed E-state index contributed by atoms with van der Waals surface area (Å²) in [6.07, 6.45) is 0. The number of imide groups is 1. The van der Waals surface area contributed by atoms with Crippen molar-refractivity contribution < 1.29 is 9.59 Å². The molecule has 6 aromatic rings. The number of para-hydroxylation sites is 1. The highest BCUT2D eigenvalue weighted by Crippen LogP contribution is 2.48. The van der Waals surface area contributed by atoms with Crippen molar-refractivity contribution in [1.29, 1.82) is 0 Å². The smallest absolute Gasteiger partial charge is 0.243 e. The van der Waals surface area contributed by atoms with E-state index in [0.29, 0.717) is 16.8 Å². The quantitative estimate of drug-likeness (QED) is 0.142. The lowest BCUT2D eigenvalue weighted by Crippen LogP contribution is -2.56. The number of amides is 2. The first kappa shape index (κ1) is 35.9. The van der Waals surface area contributed by atoms with Gasteiger partial charge in [0.1, 0.15) is 78.5 Å². The molecule has 1 aliphatic rings. The van der Waals surface area contributed by atoms with Crippen LogP contribution in [0.25, 0.3) is 50.3 Å². The number of hydrogen-bond acceptors (Lipinski definition) is 5. The number of benzene rings is 4. The topological polar surface area (TPSA) is 81.0 Å². The summed E-state index contributed by atoms with van der Waals surface area (Å²) in [7, 11) is 63.2. The molecule has 0 aliphatic carbocycles. The SMILES string of the molecule is [B]c1c([B])c([B])c(-c2nc(-c3ccc4c5ccccc5n(-c5c([B])c([B])c([B])c([B])c5[B])c4c3)nc(N3C(=O)C(C)(C)C(C)(C)C3=O)n2)c([B])c1[B]. The minimum Gasteiger partial charge on any atom is -0.310 e. The first-order valence-electron chi connectivity index (χ1n) is 16.0. The Morgan fingerprint density at radius 1 is 0.519 bits per heavy atom. The lowest BCUT2D eigenvalue weighted by molar-refractivity contribution is -0.129. The maximum absolute atomic E-state index is 13.9. The molecular weight excluding hydrogens is 631 g/mol. The average Bonchev–Trinajstić information content (AvgIpc) is 3.50. The molecule has 3 heterocycles. The predicted molar refractivity (Wildman–Crippen MR) is 219 cm³/mol. The number of carbonyl (C=O) groups excluding carboxylic acids is 2. The molecule has 4 aromatic carbocycles. The summed E-state index contributed by atoms with van der Waals surface area (Å²) in [6.45, 7) is 6.76. The minimum absolute atomic E-state index is 0.0116. The van der Waals surface area contributed by atoms with Crippen LogP contribution < -0.4 is 59.5 Å². The van der Waals surface area contributed by atoms with Gasteiger partial charge in [0.25, 0.3) is 0 Å². The Balaban J connectivity index is 1.56. The van der Waals surface area contributed by atoms with Gasteiger partial charge in [0.05, 0.1) is 21.9 Å². The Kier molecular flexibility index (Phi) is 8.28. The zero-order valence-corrected chi connectivity index (χ0v) is 28.9. The van der Waals surface area contributed by atoms with Crippen LogP contribution in [0.5, 0.6) is 0 Å². The maximum atomic E-state index is 13.9. The van der Waals surface area contributed by atoms with Gasteiger partial charge in [-0.1, -0.05) is 52.2 Å². The van der Waals surface area contributed by atoms with Crippen LogP contribution in [0.4, 0.5) is 5.95 Å². The number of carbonyl (C=O) groups is 2. The van der Waals surface area contributed by atoms with Crippen LogP contribution in [-0.4, -0.2) is 110 Å². The van der Waals surface area contributed by atoms with Crippen molar-refractivity contribution in [2.45, 2.75) is 27.7 Å². The number of aromatic nitrogens is 4. The lowest BCUT2D eigenvalue weighted by Gasteiger charge is -2.28. The van der Waals surface area contributed by atoms with E-state index in [4.69, 9.17) is 83.4 Å². The molecule has 7 rings (SSSR count). The fourth-order valence-electron chi connectivity index (χ4n) is 6.59. The summed E-state index contributed by atoms with van der Waals surface area (Å²) in [6, 6.07) is 13.0. The standard InChI is InChI=1S/C35H19B10N5O2/c1-34(2)31(51)50(32(52)35(34,3)4)33-47-29(46-30(48-33)17-18(36)20(38)22(40)21(39)19(17)37)12-9-10-14-13-7-5-6-8-15(13)49(16(14)11-12)28-26(44)24(42)23(41)25(43)27(28)45/h5-11H,1-4H3. The predicted octanol–water partition coefficient (Wildman–Crippen LogP) is -4.83. The molecule has 0 N–H and O–H groups in total. The molecule has 0 spiro atoms. The van der Waals surface area contributed by atoms with Gasteiger partial charge >= 0.3 is 0 Å². The molecule has 0 atom stereocenters. The van der Waals surface area contributed by atoms with Crippen LogP contribution in [0.2, 0.25) is 0 Å². The van der Waals surface area contributed by atoms with Crippen molar-refractivity contribution >= 4 is 173 Å². The second kappa shape index (κ2) is 12.0. The van der Waals surface area contributed by atoms with E-state index in [0.717, 1.165) is 21.2 Å². The summed E-state index contributed by atoms with van der Waals surface area (Å²) in [4.78, 5) is 42.7. The van der Waals surface area contributed by atoms with Gasteiger partial charge in [-0.05, 0) is 39.8 Å². The van der Waals surface area contributed by atoms with Gasteiger partial charge in [-0.25, -0.2) is 9.88 Å². The molecule has 2 amide bonds. The van der Waals surface area contributed by atoms with E-state index < -0.39 is 22.6 Å². The molecule has 0 saturated carbocycles. The molecule has 7 nitrogen and oxygen atoms in total. The van der Waals surface area contributed by atoms with Crippen LogP contribution in [0, 0.1) is 10.8 Å². The molecule has 1 saturated heterocycles. The van der Waals surface area contributed by atoms with E-state index in [9.17, 15) is 9.59 Å². The number of fused-ring (bicyclic) bond motifs is 3. The normalized spacial score (nSPS) is 15.3. The van der Waals surface area contributed by atoms with Crippen LogP contribution >= 0.6 is 0 Å². The molecule has 1 aliphatic heterocycles. The van der Waals surface area contributed by atoms with Crippen molar-refractivity contribution in [3.63, 3.8) is 0 Å². The van der Waals surface area contributed by atoms with Gasteiger partial charge in [-0.3, -0.25) is 9.59 Å². The van der Waals surface area contributed by atoms with Crippen molar-refractivity contribution in [2.75, 3.05) is 4.90 Å². The number of anilines is 1. The van der Waals surface area contributed by atoms with E-state index in [-0.39, 0.29) is 77.8 Å². The summed E-state index contributed by atoms with van der Waals surface area (Å²) in [5.74, 6) is -1.34. The van der Waals surface area contributed by atoms with E-state index in [1.165, 1.54) is 0 Å². The largest absolute Gasteiger partial charge is 0.310 e. The molecule has 2 aromatic heterocycles. The Hall–Kier alpha value is -4.52. The Bertz CT molecular complexity index is 2520. The summed E-state index contributed by atoms with van der Waals surface area (Å²) < 4.78 is 1.82.